The SMILES string of the molecule is CN=C(NCCCN(C)C)NCc1ccc(C)s1.I. The maximum Gasteiger partial charge on any atom is 0.191 e. The van der Waals surface area contributed by atoms with E-state index < -0.39 is 0 Å². The molecule has 1 heterocycles. The molecule has 0 aliphatic heterocycles. The van der Waals surface area contributed by atoms with Crippen LogP contribution in [-0.4, -0.2) is 45.1 Å². The number of thiophene rings is 1. The van der Waals surface area contributed by atoms with Crippen molar-refractivity contribution in [1.29, 1.82) is 0 Å². The molecule has 0 aliphatic carbocycles. The van der Waals surface area contributed by atoms with E-state index in [9.17, 15) is 0 Å². The van der Waals surface area contributed by atoms with Crippen molar-refractivity contribution in [3.63, 3.8) is 0 Å². The first-order chi connectivity index (χ1) is 8.61. The number of guanidine groups is 1. The largest absolute Gasteiger partial charge is 0.356 e. The zero-order valence-electron chi connectivity index (χ0n) is 12.2. The zero-order chi connectivity index (χ0) is 13.4. The van der Waals surface area contributed by atoms with E-state index in [0.717, 1.165) is 32.0 Å². The lowest BCUT2D eigenvalue weighted by Crippen LogP contribution is -2.37. The number of nitrogens with zero attached hydrogens (tertiary/aromatic N) is 2. The Kier molecular flexibility index (Phi) is 10.3. The van der Waals surface area contributed by atoms with Gasteiger partial charge in [-0.25, -0.2) is 0 Å². The minimum atomic E-state index is 0. The van der Waals surface area contributed by atoms with E-state index in [1.165, 1.54) is 9.75 Å². The van der Waals surface area contributed by atoms with Gasteiger partial charge in [-0.15, -0.1) is 35.3 Å². The number of aryl methyl sites for hydroxylation is 1. The molecule has 0 saturated carbocycles. The lowest BCUT2D eigenvalue weighted by Gasteiger charge is -2.13. The van der Waals surface area contributed by atoms with Gasteiger partial charge in [0.05, 0.1) is 6.54 Å². The molecule has 0 bridgehead atoms. The van der Waals surface area contributed by atoms with Gasteiger partial charge in [0, 0.05) is 23.3 Å². The highest BCUT2D eigenvalue weighted by Gasteiger charge is 2.00. The van der Waals surface area contributed by atoms with Crippen LogP contribution >= 0.6 is 35.3 Å². The van der Waals surface area contributed by atoms with Crippen molar-refractivity contribution in [1.82, 2.24) is 15.5 Å². The monoisotopic (exact) mass is 396 g/mol. The van der Waals surface area contributed by atoms with Crippen molar-refractivity contribution < 1.29 is 0 Å². The van der Waals surface area contributed by atoms with Gasteiger partial charge in [0.25, 0.3) is 0 Å². The van der Waals surface area contributed by atoms with Gasteiger partial charge in [-0.3, -0.25) is 4.99 Å². The quantitative estimate of drug-likeness (QED) is 0.336. The summed E-state index contributed by atoms with van der Waals surface area (Å²) in [4.78, 5) is 9.08. The number of halogens is 1. The van der Waals surface area contributed by atoms with Crippen LogP contribution in [0, 0.1) is 6.92 Å². The summed E-state index contributed by atoms with van der Waals surface area (Å²) in [5.41, 5.74) is 0. The fourth-order valence-electron chi connectivity index (χ4n) is 1.57. The third-order valence-electron chi connectivity index (χ3n) is 2.52. The molecule has 0 unspecified atom stereocenters. The summed E-state index contributed by atoms with van der Waals surface area (Å²) in [6.07, 6.45) is 1.12. The predicted molar refractivity (Wildman–Crippen MR) is 95.8 cm³/mol. The van der Waals surface area contributed by atoms with Crippen LogP contribution in [0.4, 0.5) is 0 Å². The van der Waals surface area contributed by atoms with Gasteiger partial charge >= 0.3 is 0 Å². The van der Waals surface area contributed by atoms with Gasteiger partial charge in [0.2, 0.25) is 0 Å². The molecule has 19 heavy (non-hydrogen) atoms. The van der Waals surface area contributed by atoms with Crippen LogP contribution in [0.2, 0.25) is 0 Å². The number of hydrogen-bond donors (Lipinski definition) is 2. The highest BCUT2D eigenvalue weighted by molar-refractivity contribution is 14.0. The first-order valence-electron chi connectivity index (χ1n) is 6.26. The van der Waals surface area contributed by atoms with Gasteiger partial charge in [0.15, 0.2) is 5.96 Å². The molecule has 6 heteroatoms. The molecule has 0 fully saturated rings. The molecule has 0 saturated heterocycles. The topological polar surface area (TPSA) is 39.7 Å². The van der Waals surface area contributed by atoms with Crippen LogP contribution in [0.15, 0.2) is 17.1 Å². The first kappa shape index (κ1) is 18.7. The molecule has 1 aromatic heterocycles. The van der Waals surface area contributed by atoms with Gasteiger partial charge in [-0.2, -0.15) is 0 Å². The molecule has 0 amide bonds. The predicted octanol–water partition coefficient (Wildman–Crippen LogP) is 2.29. The minimum absolute atomic E-state index is 0. The second kappa shape index (κ2) is 10.4. The molecule has 1 aromatic rings. The van der Waals surface area contributed by atoms with Gasteiger partial charge in [0.1, 0.15) is 0 Å². The molecule has 4 nitrogen and oxygen atoms in total. The van der Waals surface area contributed by atoms with Gasteiger partial charge < -0.3 is 15.5 Å². The summed E-state index contributed by atoms with van der Waals surface area (Å²) in [5.74, 6) is 0.875. The second-order valence-corrected chi connectivity index (χ2v) is 5.89. The number of rotatable bonds is 6. The molecule has 0 aliphatic rings. The molecule has 0 aromatic carbocycles. The van der Waals surface area contributed by atoms with Crippen LogP contribution in [0.1, 0.15) is 16.2 Å². The maximum absolute atomic E-state index is 4.21. The normalized spacial score (nSPS) is 11.3. The van der Waals surface area contributed by atoms with E-state index in [4.69, 9.17) is 0 Å². The fraction of sp³-hybridized carbons (Fsp3) is 0.615. The Morgan fingerprint density at radius 1 is 1.32 bits per heavy atom. The molecule has 0 radical (unpaired) electrons. The third-order valence-corrected chi connectivity index (χ3v) is 3.52. The third kappa shape index (κ3) is 8.43. The van der Waals surface area contributed by atoms with Crippen molar-refractivity contribution in [2.45, 2.75) is 19.9 Å². The van der Waals surface area contributed by atoms with E-state index in [-0.39, 0.29) is 24.0 Å². The summed E-state index contributed by atoms with van der Waals surface area (Å²) in [6.45, 7) is 5.00. The van der Waals surface area contributed by atoms with Crippen molar-refractivity contribution in [3.05, 3.63) is 21.9 Å². The van der Waals surface area contributed by atoms with Crippen LogP contribution < -0.4 is 10.6 Å². The summed E-state index contributed by atoms with van der Waals surface area (Å²) in [6, 6.07) is 4.31. The second-order valence-electron chi connectivity index (χ2n) is 4.52. The van der Waals surface area contributed by atoms with Crippen molar-refractivity contribution in [2.75, 3.05) is 34.2 Å². The fourth-order valence-corrected chi connectivity index (χ4v) is 2.40. The van der Waals surface area contributed by atoms with Crippen molar-refractivity contribution >= 4 is 41.3 Å². The Hall–Kier alpha value is -0.340. The Morgan fingerprint density at radius 2 is 2.05 bits per heavy atom. The highest BCUT2D eigenvalue weighted by Crippen LogP contribution is 2.14. The lowest BCUT2D eigenvalue weighted by molar-refractivity contribution is 0.399. The summed E-state index contributed by atoms with van der Waals surface area (Å²) >= 11 is 1.82. The van der Waals surface area contributed by atoms with E-state index in [0.29, 0.717) is 0 Å². The van der Waals surface area contributed by atoms with Crippen LogP contribution in [0.3, 0.4) is 0 Å². The number of aliphatic imine (C=N–C) groups is 1. The smallest absolute Gasteiger partial charge is 0.191 e. The standard InChI is InChI=1S/C13H24N4S.HI/c1-11-6-7-12(18-11)10-16-13(14-2)15-8-5-9-17(3)4;/h6-7H,5,8-10H2,1-4H3,(H2,14,15,16);1H. The first-order valence-corrected chi connectivity index (χ1v) is 7.08. The molecule has 2 N–H and O–H groups in total. The zero-order valence-corrected chi connectivity index (χ0v) is 15.3. The Balaban J connectivity index is 0.00000324. The highest BCUT2D eigenvalue weighted by atomic mass is 127. The van der Waals surface area contributed by atoms with Gasteiger partial charge in [-0.05, 0) is 46.1 Å². The van der Waals surface area contributed by atoms with E-state index in [1.54, 1.807) is 7.05 Å². The molecular weight excluding hydrogens is 371 g/mol. The summed E-state index contributed by atoms with van der Waals surface area (Å²) in [5, 5.41) is 6.64. The molecule has 0 spiro atoms. The Morgan fingerprint density at radius 3 is 2.58 bits per heavy atom. The Labute approximate surface area is 137 Å². The van der Waals surface area contributed by atoms with Crippen molar-refractivity contribution in [3.8, 4) is 0 Å². The number of nitrogens with one attached hydrogen (secondary N) is 2. The molecule has 1 rings (SSSR count). The van der Waals surface area contributed by atoms with Crippen LogP contribution in [0.25, 0.3) is 0 Å². The summed E-state index contributed by atoms with van der Waals surface area (Å²) in [7, 11) is 5.99. The van der Waals surface area contributed by atoms with Crippen molar-refractivity contribution in [2.24, 2.45) is 4.99 Å². The van der Waals surface area contributed by atoms with Crippen LogP contribution in [0.5, 0.6) is 0 Å². The molecule has 0 atom stereocenters. The maximum atomic E-state index is 4.21. The average molecular weight is 396 g/mol. The molecule has 110 valence electrons. The van der Waals surface area contributed by atoms with Gasteiger partial charge in [-0.1, -0.05) is 0 Å². The summed E-state index contributed by atoms with van der Waals surface area (Å²) < 4.78 is 0. The van der Waals surface area contributed by atoms with E-state index in [2.05, 4.69) is 53.7 Å². The average Bonchev–Trinajstić information content (AvgIpc) is 2.74. The lowest BCUT2D eigenvalue weighted by atomic mass is 10.4. The van der Waals surface area contributed by atoms with E-state index >= 15 is 0 Å². The van der Waals surface area contributed by atoms with Crippen LogP contribution in [-0.2, 0) is 6.54 Å². The minimum Gasteiger partial charge on any atom is -0.356 e. The Bertz CT molecular complexity index is 376. The van der Waals surface area contributed by atoms with E-state index in [1.807, 2.05) is 11.3 Å². The molecular formula is C13H25IN4S. The number of hydrogen-bond acceptors (Lipinski definition) is 3.